The van der Waals surface area contributed by atoms with Crippen LogP contribution in [0.3, 0.4) is 0 Å². The maximum Gasteiger partial charge on any atom is 0.338 e. The predicted octanol–water partition coefficient (Wildman–Crippen LogP) is 3.67. The van der Waals surface area contributed by atoms with Crippen molar-refractivity contribution >= 4 is 29.6 Å². The van der Waals surface area contributed by atoms with Crippen LogP contribution in [0.5, 0.6) is 0 Å². The highest BCUT2D eigenvalue weighted by Crippen LogP contribution is 2.35. The summed E-state index contributed by atoms with van der Waals surface area (Å²) < 4.78 is 42.9. The van der Waals surface area contributed by atoms with Crippen molar-refractivity contribution in [3.8, 4) is 0 Å². The number of hydrogen-bond donors (Lipinski definition) is 3. The number of nitrogens with zero attached hydrogens (tertiary/aromatic N) is 2. The molecule has 0 spiro atoms. The smallest absolute Gasteiger partial charge is 0.338 e. The molecule has 2 aliphatic rings. The highest BCUT2D eigenvalue weighted by atomic mass is 19.2. The molecule has 1 saturated heterocycles. The number of methoxy groups -OCH3 is 3. The lowest BCUT2D eigenvalue weighted by molar-refractivity contribution is -0.137. The third-order valence-electron chi connectivity index (χ3n) is 7.94. The zero-order valence-electron chi connectivity index (χ0n) is 26.1. The van der Waals surface area contributed by atoms with Crippen LogP contribution < -0.4 is 16.0 Å². The zero-order valence-corrected chi connectivity index (χ0v) is 26.1. The normalized spacial score (nSPS) is 17.5. The molecule has 46 heavy (non-hydrogen) atoms. The summed E-state index contributed by atoms with van der Waals surface area (Å²) in [6.45, 7) is 2.41. The molecule has 1 unspecified atom stereocenters. The Morgan fingerprint density at radius 3 is 2.41 bits per heavy atom. The Morgan fingerprint density at radius 1 is 0.978 bits per heavy atom. The number of rotatable bonds is 12. The summed E-state index contributed by atoms with van der Waals surface area (Å²) in [6, 6.07) is 7.64. The number of nitrogens with one attached hydrogen (secondary N) is 3. The maximum atomic E-state index is 14.3. The van der Waals surface area contributed by atoms with Crippen molar-refractivity contribution in [1.82, 2.24) is 20.4 Å². The number of halogens is 2. The molecule has 2 aromatic carbocycles. The fourth-order valence-electron chi connectivity index (χ4n) is 5.75. The number of carbonyl (C=O) groups excluding carboxylic acids is 4. The lowest BCUT2D eigenvalue weighted by Gasteiger charge is -2.36. The highest BCUT2D eigenvalue weighted by molar-refractivity contribution is 6.01. The molecule has 14 heteroatoms. The number of anilines is 1. The van der Waals surface area contributed by atoms with Crippen molar-refractivity contribution in [1.29, 1.82) is 0 Å². The van der Waals surface area contributed by atoms with Gasteiger partial charge in [-0.25, -0.2) is 28.1 Å². The van der Waals surface area contributed by atoms with Gasteiger partial charge in [0.1, 0.15) is 12.6 Å². The van der Waals surface area contributed by atoms with Gasteiger partial charge >= 0.3 is 18.0 Å². The summed E-state index contributed by atoms with van der Waals surface area (Å²) in [7, 11) is 3.96. The van der Waals surface area contributed by atoms with Crippen LogP contribution in [0.2, 0.25) is 0 Å². The molecule has 2 aromatic rings. The number of carbonyl (C=O) groups is 4. The number of piperidine rings is 1. The standard InChI is InChI=1S/C32H39F2N5O7/c1-44-18-26-28(30(41)46-3)29(22-8-9-24(33)25(34)17-22)39(32(43)37-26)31(42)35-12-5-13-38-14-10-20(11-15-38)21-6-4-7-23(16-21)36-27(40)19-45-2/h4,6-9,16-17,20,29H,5,10-15,18-19H2,1-3H3,(H,35,42)(H,36,40)(H,37,43). The van der Waals surface area contributed by atoms with E-state index in [1.807, 2.05) is 18.2 Å². The van der Waals surface area contributed by atoms with Gasteiger partial charge in [-0.1, -0.05) is 18.2 Å². The van der Waals surface area contributed by atoms with E-state index in [0.29, 0.717) is 18.9 Å². The van der Waals surface area contributed by atoms with Crippen molar-refractivity contribution in [2.75, 3.05) is 66.0 Å². The second-order valence-corrected chi connectivity index (χ2v) is 11.0. The number of urea groups is 2. The minimum Gasteiger partial charge on any atom is -0.466 e. The SMILES string of the molecule is COCC(=O)Nc1cccc(C2CCN(CCCNC(=O)N3C(=O)NC(COC)=C(C(=O)OC)C3c3ccc(F)c(F)c3)CC2)c1. The maximum absolute atomic E-state index is 14.3. The summed E-state index contributed by atoms with van der Waals surface area (Å²) >= 11 is 0. The Hall–Kier alpha value is -4.40. The first kappa shape index (κ1) is 34.5. The number of likely N-dealkylation sites (tertiary alicyclic amines) is 1. The van der Waals surface area contributed by atoms with Crippen LogP contribution in [-0.4, -0.2) is 94.5 Å². The monoisotopic (exact) mass is 643 g/mol. The van der Waals surface area contributed by atoms with Crippen LogP contribution >= 0.6 is 0 Å². The number of ether oxygens (including phenoxy) is 3. The van der Waals surface area contributed by atoms with Gasteiger partial charge in [-0.3, -0.25) is 4.79 Å². The largest absolute Gasteiger partial charge is 0.466 e. The molecule has 0 saturated carbocycles. The Bertz CT molecular complexity index is 1460. The van der Waals surface area contributed by atoms with Gasteiger partial charge in [-0.15, -0.1) is 0 Å². The topological polar surface area (TPSA) is 139 Å². The van der Waals surface area contributed by atoms with Gasteiger partial charge in [0.25, 0.3) is 0 Å². The van der Waals surface area contributed by atoms with E-state index in [9.17, 15) is 28.0 Å². The summed E-state index contributed by atoms with van der Waals surface area (Å²) in [5.74, 6) is -3.05. The molecule has 4 rings (SSSR count). The Labute approximate surface area is 266 Å². The molecule has 0 bridgehead atoms. The molecule has 3 N–H and O–H groups in total. The Balaban J connectivity index is 1.36. The lowest BCUT2D eigenvalue weighted by atomic mass is 9.89. The minimum atomic E-state index is -1.40. The van der Waals surface area contributed by atoms with Crippen molar-refractivity contribution < 1.29 is 42.2 Å². The Morgan fingerprint density at radius 2 is 1.74 bits per heavy atom. The van der Waals surface area contributed by atoms with Gasteiger partial charge in [0.15, 0.2) is 11.6 Å². The molecule has 248 valence electrons. The summed E-state index contributed by atoms with van der Waals surface area (Å²) in [6.07, 6.45) is 2.44. The van der Waals surface area contributed by atoms with Crippen LogP contribution in [0.15, 0.2) is 53.7 Å². The lowest BCUT2D eigenvalue weighted by Crippen LogP contribution is -2.55. The molecule has 0 radical (unpaired) electrons. The van der Waals surface area contributed by atoms with Crippen molar-refractivity contribution in [2.45, 2.75) is 31.2 Å². The van der Waals surface area contributed by atoms with Crippen molar-refractivity contribution in [3.05, 3.63) is 76.5 Å². The van der Waals surface area contributed by atoms with Gasteiger partial charge in [-0.2, -0.15) is 0 Å². The molecule has 0 aromatic heterocycles. The molecule has 5 amide bonds. The van der Waals surface area contributed by atoms with Crippen LogP contribution in [0, 0.1) is 11.6 Å². The van der Waals surface area contributed by atoms with E-state index in [0.717, 1.165) is 61.3 Å². The van der Waals surface area contributed by atoms with Crippen molar-refractivity contribution in [3.63, 3.8) is 0 Å². The third-order valence-corrected chi connectivity index (χ3v) is 7.94. The number of amides is 5. The van der Waals surface area contributed by atoms with E-state index in [4.69, 9.17) is 14.2 Å². The van der Waals surface area contributed by atoms with Gasteiger partial charge in [0, 0.05) is 26.5 Å². The van der Waals surface area contributed by atoms with Gasteiger partial charge in [-0.05, 0) is 80.2 Å². The minimum absolute atomic E-state index is 0.00340. The molecule has 0 aliphatic carbocycles. The molecule has 2 aliphatic heterocycles. The van der Waals surface area contributed by atoms with Crippen LogP contribution in [0.4, 0.5) is 24.1 Å². The van der Waals surface area contributed by atoms with Crippen LogP contribution in [0.25, 0.3) is 0 Å². The summed E-state index contributed by atoms with van der Waals surface area (Å²) in [5.41, 5.74) is 1.80. The van der Waals surface area contributed by atoms with E-state index >= 15 is 0 Å². The van der Waals surface area contributed by atoms with Gasteiger partial charge in [0.05, 0.1) is 25.0 Å². The van der Waals surface area contributed by atoms with E-state index in [-0.39, 0.29) is 42.5 Å². The number of benzene rings is 2. The first-order valence-electron chi connectivity index (χ1n) is 14.9. The molecule has 1 atom stereocenters. The van der Waals surface area contributed by atoms with Gasteiger partial charge in [0.2, 0.25) is 5.91 Å². The molecule has 2 heterocycles. The first-order valence-corrected chi connectivity index (χ1v) is 14.9. The van der Waals surface area contributed by atoms with E-state index in [1.54, 1.807) is 0 Å². The van der Waals surface area contributed by atoms with E-state index in [1.165, 1.54) is 20.3 Å². The second kappa shape index (κ2) is 16.2. The van der Waals surface area contributed by atoms with E-state index < -0.39 is 35.7 Å². The third kappa shape index (κ3) is 8.44. The first-order chi connectivity index (χ1) is 22.2. The average Bonchev–Trinajstić information content (AvgIpc) is 3.04. The quantitative estimate of drug-likeness (QED) is 0.235. The van der Waals surface area contributed by atoms with Crippen LogP contribution in [0.1, 0.15) is 42.3 Å². The molecular formula is C32H39F2N5O7. The second-order valence-electron chi connectivity index (χ2n) is 11.0. The zero-order chi connectivity index (χ0) is 33.2. The Kier molecular flexibility index (Phi) is 12.2. The highest BCUT2D eigenvalue weighted by Gasteiger charge is 2.43. The molecule has 1 fully saturated rings. The number of esters is 1. The summed E-state index contributed by atoms with van der Waals surface area (Å²) in [5, 5.41) is 8.05. The summed E-state index contributed by atoms with van der Waals surface area (Å²) in [4.78, 5) is 54.3. The molecule has 12 nitrogen and oxygen atoms in total. The molecular weight excluding hydrogens is 604 g/mol. The van der Waals surface area contributed by atoms with Gasteiger partial charge < -0.3 is 35.1 Å². The van der Waals surface area contributed by atoms with E-state index in [2.05, 4.69) is 26.9 Å². The number of imide groups is 1. The fourth-order valence-corrected chi connectivity index (χ4v) is 5.75. The fraction of sp³-hybridized carbons (Fsp3) is 0.438. The number of hydrogen-bond acceptors (Lipinski definition) is 8. The van der Waals surface area contributed by atoms with Crippen molar-refractivity contribution in [2.24, 2.45) is 0 Å². The average molecular weight is 644 g/mol. The van der Waals surface area contributed by atoms with Crippen LogP contribution in [-0.2, 0) is 23.8 Å². The predicted molar refractivity (Wildman–Crippen MR) is 164 cm³/mol.